The Morgan fingerprint density at radius 3 is 1.29 bits per heavy atom. The van der Waals surface area contributed by atoms with Crippen molar-refractivity contribution >= 4 is 44.0 Å². The number of para-hydroxylation sites is 1. The second kappa shape index (κ2) is 15.1. The van der Waals surface area contributed by atoms with Crippen molar-refractivity contribution in [2.45, 2.75) is 0 Å². The van der Waals surface area contributed by atoms with Gasteiger partial charge in [-0.15, -0.1) is 0 Å². The van der Waals surface area contributed by atoms with Crippen LogP contribution >= 0.6 is 0 Å². The average molecular weight is 806 g/mol. The fourth-order valence-corrected chi connectivity index (χ4v) is 8.42. The molecule has 0 atom stereocenters. The molecule has 6 nitrogen and oxygen atoms in total. The molecule has 63 heavy (non-hydrogen) atoms. The topological polar surface area (TPSA) is 77.6 Å². The highest BCUT2D eigenvalue weighted by molar-refractivity contribution is 6.09. The lowest BCUT2D eigenvalue weighted by Gasteiger charge is -2.11. The van der Waals surface area contributed by atoms with E-state index in [1.165, 1.54) is 5.56 Å². The molecular formula is C57H35N5O. The van der Waals surface area contributed by atoms with Gasteiger partial charge in [-0.1, -0.05) is 176 Å². The molecule has 0 N–H and O–H groups in total. The highest BCUT2D eigenvalue weighted by atomic mass is 16.3. The third kappa shape index (κ3) is 6.86. The first kappa shape index (κ1) is 36.3. The molecule has 0 spiro atoms. The number of rotatable bonds is 7. The van der Waals surface area contributed by atoms with E-state index in [4.69, 9.17) is 29.3 Å². The maximum Gasteiger partial charge on any atom is 0.164 e. The zero-order valence-corrected chi connectivity index (χ0v) is 33.9. The number of hydrogen-bond acceptors (Lipinski definition) is 6. The third-order valence-electron chi connectivity index (χ3n) is 11.7. The van der Waals surface area contributed by atoms with Gasteiger partial charge in [-0.3, -0.25) is 0 Å². The van der Waals surface area contributed by atoms with E-state index in [-0.39, 0.29) is 0 Å². The van der Waals surface area contributed by atoms with E-state index < -0.39 is 0 Å². The molecular weight excluding hydrogens is 771 g/mol. The monoisotopic (exact) mass is 805 g/mol. The second-order valence-electron chi connectivity index (χ2n) is 15.7. The van der Waals surface area contributed by atoms with Crippen LogP contribution in [0.15, 0.2) is 217 Å². The highest BCUT2D eigenvalue weighted by Crippen LogP contribution is 2.34. The Bertz CT molecular complexity index is 3640. The summed E-state index contributed by atoms with van der Waals surface area (Å²) < 4.78 is 6.13. The van der Waals surface area contributed by atoms with Crippen molar-refractivity contribution in [2.24, 2.45) is 0 Å². The van der Waals surface area contributed by atoms with Crippen molar-refractivity contribution in [3.05, 3.63) is 212 Å². The van der Waals surface area contributed by atoms with Crippen molar-refractivity contribution in [1.29, 1.82) is 0 Å². The average Bonchev–Trinajstić information content (AvgIpc) is 3.72. The fourth-order valence-electron chi connectivity index (χ4n) is 8.42. The summed E-state index contributed by atoms with van der Waals surface area (Å²) in [6, 6.07) is 73.2. The molecule has 0 unspecified atom stereocenters. The van der Waals surface area contributed by atoms with Crippen molar-refractivity contribution in [3.63, 3.8) is 0 Å². The van der Waals surface area contributed by atoms with Crippen LogP contribution in [0.3, 0.4) is 0 Å². The minimum absolute atomic E-state index is 0.625. The molecule has 0 fully saturated rings. The summed E-state index contributed by atoms with van der Waals surface area (Å²) in [5.74, 6) is 1.89. The van der Waals surface area contributed by atoms with Gasteiger partial charge in [-0.05, 0) is 74.8 Å². The predicted octanol–water partition coefficient (Wildman–Crippen LogP) is 14.5. The molecule has 294 valence electrons. The van der Waals surface area contributed by atoms with Crippen LogP contribution in [0, 0.1) is 0 Å². The summed E-state index contributed by atoms with van der Waals surface area (Å²) in [7, 11) is 0. The molecule has 3 heterocycles. The van der Waals surface area contributed by atoms with E-state index in [1.807, 2.05) is 60.7 Å². The highest BCUT2D eigenvalue weighted by Gasteiger charge is 2.15. The molecule has 0 radical (unpaired) electrons. The summed E-state index contributed by atoms with van der Waals surface area (Å²) in [4.78, 5) is 25.0. The second-order valence-corrected chi connectivity index (χ2v) is 15.7. The number of furan rings is 1. The number of hydrogen-bond donors (Lipinski definition) is 0. The molecule has 0 aliphatic carbocycles. The van der Waals surface area contributed by atoms with Crippen LogP contribution in [-0.2, 0) is 0 Å². The molecule has 0 aliphatic heterocycles. The Labute approximate surface area is 362 Å². The zero-order valence-electron chi connectivity index (χ0n) is 33.9. The van der Waals surface area contributed by atoms with E-state index in [0.29, 0.717) is 17.5 Å². The van der Waals surface area contributed by atoms with Crippen LogP contribution in [0.25, 0.3) is 123 Å². The van der Waals surface area contributed by atoms with Crippen molar-refractivity contribution in [3.8, 4) is 78.7 Å². The van der Waals surface area contributed by atoms with E-state index in [2.05, 4.69) is 152 Å². The zero-order chi connectivity index (χ0) is 41.7. The van der Waals surface area contributed by atoms with E-state index in [1.54, 1.807) is 0 Å². The van der Waals surface area contributed by atoms with Gasteiger partial charge >= 0.3 is 0 Å². The maximum absolute atomic E-state index is 6.13. The lowest BCUT2D eigenvalue weighted by molar-refractivity contribution is 0.669. The summed E-state index contributed by atoms with van der Waals surface area (Å²) >= 11 is 0. The normalized spacial score (nSPS) is 11.5. The molecule has 6 heteroatoms. The predicted molar refractivity (Wildman–Crippen MR) is 256 cm³/mol. The van der Waals surface area contributed by atoms with Crippen LogP contribution in [0.5, 0.6) is 0 Å². The first-order valence-electron chi connectivity index (χ1n) is 21.0. The lowest BCUT2D eigenvalue weighted by atomic mass is 9.97. The first-order chi connectivity index (χ1) is 31.1. The molecule has 0 saturated heterocycles. The van der Waals surface area contributed by atoms with Gasteiger partial charge in [-0.25, -0.2) is 24.9 Å². The standard InChI is InChI=1S/C57H35N5O/c1-3-10-36(11-4-1)37-26-28-43(29-27-37)56-60-55(42-12-5-2-6-13-42)61-57(62-56)46-15-9-14-44(32-46)40-22-18-38(19-23-40)39-20-24-41(25-21-39)45-30-31-49-50(33-45)59-52-35-54-48(34-51(52)58-49)47-16-7-8-17-53(47)63-54/h1-35H. The van der Waals surface area contributed by atoms with Crippen molar-refractivity contribution in [1.82, 2.24) is 24.9 Å². The van der Waals surface area contributed by atoms with Gasteiger partial charge in [0.2, 0.25) is 0 Å². The summed E-state index contributed by atoms with van der Waals surface area (Å²) in [6.07, 6.45) is 0. The lowest BCUT2D eigenvalue weighted by Crippen LogP contribution is -2.00. The van der Waals surface area contributed by atoms with Gasteiger partial charge in [0.15, 0.2) is 17.5 Å². The minimum atomic E-state index is 0.625. The van der Waals surface area contributed by atoms with Gasteiger partial charge in [0, 0.05) is 33.5 Å². The Morgan fingerprint density at radius 2 is 0.635 bits per heavy atom. The largest absolute Gasteiger partial charge is 0.456 e. The van der Waals surface area contributed by atoms with E-state index >= 15 is 0 Å². The minimum Gasteiger partial charge on any atom is -0.456 e. The summed E-state index contributed by atoms with van der Waals surface area (Å²) in [5.41, 5.74) is 16.8. The van der Waals surface area contributed by atoms with Gasteiger partial charge < -0.3 is 4.42 Å². The molecule has 0 bridgehead atoms. The molecule has 0 amide bonds. The molecule has 9 aromatic carbocycles. The van der Waals surface area contributed by atoms with Gasteiger partial charge in [0.25, 0.3) is 0 Å². The summed E-state index contributed by atoms with van der Waals surface area (Å²) in [5, 5.41) is 2.14. The number of nitrogens with zero attached hydrogens (tertiary/aromatic N) is 5. The van der Waals surface area contributed by atoms with Crippen molar-refractivity contribution < 1.29 is 4.42 Å². The fraction of sp³-hybridized carbons (Fsp3) is 0. The Kier molecular flexibility index (Phi) is 8.71. The number of benzene rings is 9. The van der Waals surface area contributed by atoms with E-state index in [0.717, 1.165) is 99.6 Å². The number of aromatic nitrogens is 5. The third-order valence-corrected chi connectivity index (χ3v) is 11.7. The van der Waals surface area contributed by atoms with Crippen LogP contribution in [0.2, 0.25) is 0 Å². The Balaban J connectivity index is 0.810. The molecule has 3 aromatic heterocycles. The van der Waals surface area contributed by atoms with Gasteiger partial charge in [-0.2, -0.15) is 0 Å². The SMILES string of the molecule is c1ccc(-c2ccc(-c3nc(-c4ccccc4)nc(-c4cccc(-c5ccc(-c6ccc(-c7ccc8nc9cc%10c(cc9nc8c7)oc7ccccc7%10)cc6)cc5)c4)n3)cc2)cc1. The van der Waals surface area contributed by atoms with E-state index in [9.17, 15) is 0 Å². The van der Waals surface area contributed by atoms with Gasteiger partial charge in [0.1, 0.15) is 11.2 Å². The van der Waals surface area contributed by atoms with Crippen LogP contribution in [0.1, 0.15) is 0 Å². The quantitative estimate of drug-likeness (QED) is 0.149. The number of fused-ring (bicyclic) bond motifs is 5. The summed E-state index contributed by atoms with van der Waals surface area (Å²) in [6.45, 7) is 0. The van der Waals surface area contributed by atoms with Crippen molar-refractivity contribution in [2.75, 3.05) is 0 Å². The smallest absolute Gasteiger partial charge is 0.164 e. The van der Waals surface area contributed by atoms with Gasteiger partial charge in [0.05, 0.1) is 22.1 Å². The van der Waals surface area contributed by atoms with Crippen LogP contribution in [-0.4, -0.2) is 24.9 Å². The molecule has 12 aromatic rings. The van der Waals surface area contributed by atoms with Crippen LogP contribution in [0.4, 0.5) is 0 Å². The Hall–Kier alpha value is -8.61. The van der Waals surface area contributed by atoms with Crippen LogP contribution < -0.4 is 0 Å². The molecule has 12 rings (SSSR count). The first-order valence-corrected chi connectivity index (χ1v) is 21.0. The molecule has 0 saturated carbocycles. The molecule has 0 aliphatic rings. The maximum atomic E-state index is 6.13. The Morgan fingerprint density at radius 1 is 0.222 bits per heavy atom.